The van der Waals surface area contributed by atoms with Crippen LogP contribution in [0, 0.1) is 0 Å². The standard InChI is InChI=1S/C15H13BrN2O3/c16-12-6-5-11(7-13(12)17)14(19)18-8-9-1-3-10(4-2-9)15(20)21/h1-7H,8,17H2,(H,18,19)(H,20,21). The van der Waals surface area contributed by atoms with E-state index >= 15 is 0 Å². The van der Waals surface area contributed by atoms with Crippen LogP contribution in [0.1, 0.15) is 26.3 Å². The molecule has 6 heteroatoms. The molecular formula is C15H13BrN2O3. The van der Waals surface area contributed by atoms with E-state index in [0.717, 1.165) is 10.0 Å². The van der Waals surface area contributed by atoms with E-state index in [1.165, 1.54) is 12.1 Å². The highest BCUT2D eigenvalue weighted by Gasteiger charge is 2.07. The van der Waals surface area contributed by atoms with Gasteiger partial charge in [-0.1, -0.05) is 12.1 Å². The summed E-state index contributed by atoms with van der Waals surface area (Å²) in [5, 5.41) is 11.6. The van der Waals surface area contributed by atoms with Crippen molar-refractivity contribution in [3.63, 3.8) is 0 Å². The highest BCUT2D eigenvalue weighted by atomic mass is 79.9. The van der Waals surface area contributed by atoms with E-state index in [0.29, 0.717) is 17.8 Å². The van der Waals surface area contributed by atoms with Gasteiger partial charge in [0.25, 0.3) is 5.91 Å². The van der Waals surface area contributed by atoms with Crippen LogP contribution < -0.4 is 11.1 Å². The lowest BCUT2D eigenvalue weighted by molar-refractivity contribution is 0.0696. The van der Waals surface area contributed by atoms with Gasteiger partial charge in [-0.15, -0.1) is 0 Å². The van der Waals surface area contributed by atoms with E-state index in [1.54, 1.807) is 30.3 Å². The summed E-state index contributed by atoms with van der Waals surface area (Å²) in [5.74, 6) is -1.22. The number of hydrogen-bond acceptors (Lipinski definition) is 3. The third kappa shape index (κ3) is 3.82. The van der Waals surface area contributed by atoms with Crippen molar-refractivity contribution in [3.8, 4) is 0 Å². The maximum Gasteiger partial charge on any atom is 0.335 e. The first-order valence-electron chi connectivity index (χ1n) is 6.13. The topological polar surface area (TPSA) is 92.4 Å². The molecule has 0 radical (unpaired) electrons. The Balaban J connectivity index is 2.00. The second-order valence-electron chi connectivity index (χ2n) is 4.42. The zero-order valence-corrected chi connectivity index (χ0v) is 12.6. The van der Waals surface area contributed by atoms with Crippen LogP contribution >= 0.6 is 15.9 Å². The number of hydrogen-bond donors (Lipinski definition) is 3. The van der Waals surface area contributed by atoms with Gasteiger partial charge in [0, 0.05) is 22.3 Å². The van der Waals surface area contributed by atoms with Gasteiger partial charge in [-0.3, -0.25) is 4.79 Å². The van der Waals surface area contributed by atoms with Gasteiger partial charge in [-0.05, 0) is 51.8 Å². The number of carboxylic acid groups (broad SMARTS) is 1. The molecule has 0 atom stereocenters. The van der Waals surface area contributed by atoms with Gasteiger partial charge in [0.15, 0.2) is 0 Å². The SMILES string of the molecule is Nc1cc(C(=O)NCc2ccc(C(=O)O)cc2)ccc1Br. The monoisotopic (exact) mass is 348 g/mol. The number of nitrogens with two attached hydrogens (primary N) is 1. The van der Waals surface area contributed by atoms with Gasteiger partial charge in [0.2, 0.25) is 0 Å². The summed E-state index contributed by atoms with van der Waals surface area (Å²) < 4.78 is 0.739. The van der Waals surface area contributed by atoms with Gasteiger partial charge < -0.3 is 16.2 Å². The Labute approximate surface area is 129 Å². The number of carbonyl (C=O) groups excluding carboxylic acids is 1. The summed E-state index contributed by atoms with van der Waals surface area (Å²) in [7, 11) is 0. The average Bonchev–Trinajstić information content (AvgIpc) is 2.48. The largest absolute Gasteiger partial charge is 0.478 e. The minimum Gasteiger partial charge on any atom is -0.478 e. The Morgan fingerprint density at radius 3 is 2.29 bits per heavy atom. The smallest absolute Gasteiger partial charge is 0.335 e. The van der Waals surface area contributed by atoms with Crippen LogP contribution in [-0.4, -0.2) is 17.0 Å². The van der Waals surface area contributed by atoms with Crippen LogP contribution in [0.2, 0.25) is 0 Å². The van der Waals surface area contributed by atoms with Crippen LogP contribution in [0.15, 0.2) is 46.9 Å². The lowest BCUT2D eigenvalue weighted by Crippen LogP contribution is -2.22. The number of nitrogens with one attached hydrogen (secondary N) is 1. The Bertz CT molecular complexity index is 684. The predicted octanol–water partition coefficient (Wildman–Crippen LogP) is 2.66. The second-order valence-corrected chi connectivity index (χ2v) is 5.28. The van der Waals surface area contributed by atoms with Crippen LogP contribution in [0.3, 0.4) is 0 Å². The quantitative estimate of drug-likeness (QED) is 0.740. The maximum atomic E-state index is 12.0. The third-order valence-corrected chi connectivity index (χ3v) is 3.63. The lowest BCUT2D eigenvalue weighted by atomic mass is 10.1. The van der Waals surface area contributed by atoms with Crippen molar-refractivity contribution in [3.05, 3.63) is 63.6 Å². The van der Waals surface area contributed by atoms with Crippen LogP contribution in [-0.2, 0) is 6.54 Å². The Morgan fingerprint density at radius 1 is 1.10 bits per heavy atom. The normalized spacial score (nSPS) is 10.1. The molecule has 2 rings (SSSR count). The van der Waals surface area contributed by atoms with Gasteiger partial charge in [0.1, 0.15) is 0 Å². The number of benzene rings is 2. The molecular weight excluding hydrogens is 336 g/mol. The van der Waals surface area contributed by atoms with Crippen LogP contribution in [0.5, 0.6) is 0 Å². The molecule has 0 heterocycles. The molecule has 5 nitrogen and oxygen atoms in total. The van der Waals surface area contributed by atoms with Crippen LogP contribution in [0.25, 0.3) is 0 Å². The summed E-state index contributed by atoms with van der Waals surface area (Å²) in [6.45, 7) is 0.314. The summed E-state index contributed by atoms with van der Waals surface area (Å²) in [6, 6.07) is 11.3. The number of carboxylic acids is 1. The first-order chi connectivity index (χ1) is 9.97. The first kappa shape index (κ1) is 15.1. The van der Waals surface area contributed by atoms with Crippen molar-refractivity contribution in [2.45, 2.75) is 6.54 Å². The highest BCUT2D eigenvalue weighted by molar-refractivity contribution is 9.10. The fourth-order valence-corrected chi connectivity index (χ4v) is 1.98. The molecule has 0 saturated heterocycles. The molecule has 2 aromatic carbocycles. The average molecular weight is 349 g/mol. The minimum absolute atomic E-state index is 0.214. The van der Waals surface area contributed by atoms with E-state index in [-0.39, 0.29) is 11.5 Å². The molecule has 0 fully saturated rings. The number of aromatic carboxylic acids is 1. The van der Waals surface area contributed by atoms with Crippen molar-refractivity contribution in [1.82, 2.24) is 5.32 Å². The van der Waals surface area contributed by atoms with E-state index in [1.807, 2.05) is 0 Å². The van der Waals surface area contributed by atoms with Crippen LogP contribution in [0.4, 0.5) is 5.69 Å². The molecule has 108 valence electrons. The fraction of sp³-hybridized carbons (Fsp3) is 0.0667. The van der Waals surface area contributed by atoms with Gasteiger partial charge >= 0.3 is 5.97 Å². The Kier molecular flexibility index (Phi) is 4.59. The van der Waals surface area contributed by atoms with E-state index in [4.69, 9.17) is 10.8 Å². The molecule has 1 amide bonds. The number of nitrogen functional groups attached to an aromatic ring is 1. The van der Waals surface area contributed by atoms with E-state index in [2.05, 4.69) is 21.2 Å². The number of carbonyl (C=O) groups is 2. The molecule has 0 aromatic heterocycles. The first-order valence-corrected chi connectivity index (χ1v) is 6.92. The molecule has 0 aliphatic carbocycles. The molecule has 0 bridgehead atoms. The van der Waals surface area contributed by atoms with Gasteiger partial charge in [-0.25, -0.2) is 4.79 Å². The summed E-state index contributed by atoms with van der Waals surface area (Å²) in [6.07, 6.45) is 0. The predicted molar refractivity (Wildman–Crippen MR) is 83.1 cm³/mol. The second kappa shape index (κ2) is 6.41. The van der Waals surface area contributed by atoms with Gasteiger partial charge in [-0.2, -0.15) is 0 Å². The number of amides is 1. The van der Waals surface area contributed by atoms with E-state index in [9.17, 15) is 9.59 Å². The zero-order chi connectivity index (χ0) is 15.4. The summed E-state index contributed by atoms with van der Waals surface area (Å²) in [4.78, 5) is 22.7. The van der Waals surface area contributed by atoms with Crippen molar-refractivity contribution < 1.29 is 14.7 Å². The Hall–Kier alpha value is -2.34. The number of rotatable bonds is 4. The van der Waals surface area contributed by atoms with Crippen molar-refractivity contribution >= 4 is 33.5 Å². The van der Waals surface area contributed by atoms with Crippen molar-refractivity contribution in [2.75, 3.05) is 5.73 Å². The number of halogens is 1. The van der Waals surface area contributed by atoms with Crippen molar-refractivity contribution in [2.24, 2.45) is 0 Å². The minimum atomic E-state index is -0.976. The molecule has 0 aliphatic heterocycles. The molecule has 0 spiro atoms. The molecule has 0 unspecified atom stereocenters. The molecule has 21 heavy (non-hydrogen) atoms. The molecule has 0 aliphatic rings. The maximum absolute atomic E-state index is 12.0. The number of anilines is 1. The van der Waals surface area contributed by atoms with Gasteiger partial charge in [0.05, 0.1) is 5.56 Å². The lowest BCUT2D eigenvalue weighted by Gasteiger charge is -2.07. The fourth-order valence-electron chi connectivity index (χ4n) is 1.73. The van der Waals surface area contributed by atoms with E-state index < -0.39 is 5.97 Å². The Morgan fingerprint density at radius 2 is 1.71 bits per heavy atom. The third-order valence-electron chi connectivity index (χ3n) is 2.91. The van der Waals surface area contributed by atoms with Crippen molar-refractivity contribution in [1.29, 1.82) is 0 Å². The molecule has 2 aromatic rings. The molecule has 0 saturated carbocycles. The summed E-state index contributed by atoms with van der Waals surface area (Å²) >= 11 is 3.27. The zero-order valence-electron chi connectivity index (χ0n) is 11.0. The molecule has 4 N–H and O–H groups in total. The highest BCUT2D eigenvalue weighted by Crippen LogP contribution is 2.20. The summed E-state index contributed by atoms with van der Waals surface area (Å²) in [5.41, 5.74) is 7.72.